The van der Waals surface area contributed by atoms with Gasteiger partial charge in [0.25, 0.3) is 0 Å². The largest absolute Gasteiger partial charge is 0.368 e. The number of carbonyl (C=O) groups is 3. The highest BCUT2D eigenvalue weighted by Crippen LogP contribution is 2.09. The number of primary amides is 1. The summed E-state index contributed by atoms with van der Waals surface area (Å²) >= 11 is 0. The lowest BCUT2D eigenvalue weighted by Gasteiger charge is -2.26. The quantitative estimate of drug-likeness (QED) is 0.553. The minimum Gasteiger partial charge on any atom is -0.368 e. The van der Waals surface area contributed by atoms with Crippen LogP contribution in [0.2, 0.25) is 0 Å². The summed E-state index contributed by atoms with van der Waals surface area (Å²) in [6.07, 6.45) is 0.951. The van der Waals surface area contributed by atoms with E-state index in [0.29, 0.717) is 12.8 Å². The second kappa shape index (κ2) is 6.81. The average Bonchev–Trinajstić information content (AvgIpc) is 2.20. The Hall–Kier alpha value is -1.59. The minimum atomic E-state index is -0.624. The van der Waals surface area contributed by atoms with E-state index < -0.39 is 11.9 Å². The molecule has 1 atom stereocenters. The number of carbonyl (C=O) groups excluding carboxylic acids is 3. The van der Waals surface area contributed by atoms with E-state index in [1.165, 1.54) is 11.9 Å². The normalized spacial score (nSPS) is 12.0. The van der Waals surface area contributed by atoms with Gasteiger partial charge < -0.3 is 16.0 Å². The van der Waals surface area contributed by atoms with Crippen LogP contribution in [0.25, 0.3) is 0 Å². The van der Waals surface area contributed by atoms with Gasteiger partial charge in [-0.15, -0.1) is 0 Å². The van der Waals surface area contributed by atoms with Crippen molar-refractivity contribution in [3.8, 4) is 0 Å². The Balaban J connectivity index is 4.47. The Morgan fingerprint density at radius 2 is 2.00 bits per heavy atom. The first-order valence-corrected chi connectivity index (χ1v) is 5.12. The van der Waals surface area contributed by atoms with Crippen molar-refractivity contribution in [2.75, 3.05) is 13.6 Å². The van der Waals surface area contributed by atoms with Gasteiger partial charge in [-0.3, -0.25) is 14.4 Å². The minimum absolute atomic E-state index is 0.123. The van der Waals surface area contributed by atoms with Crippen molar-refractivity contribution in [2.24, 2.45) is 11.7 Å². The standard InChI is InChI=1S/C10H19N3O3/c1-7(2)4-8(10(11)16)13(3)9(15)5-12-6-14/h6-8H,4-5H2,1-3H3,(H2,11,16)(H,12,14). The molecule has 0 aliphatic heterocycles. The van der Waals surface area contributed by atoms with E-state index in [1.54, 1.807) is 0 Å². The number of nitrogens with one attached hydrogen (secondary N) is 1. The lowest BCUT2D eigenvalue weighted by Crippen LogP contribution is -2.48. The Bertz CT molecular complexity index is 266. The van der Waals surface area contributed by atoms with E-state index in [0.717, 1.165) is 0 Å². The summed E-state index contributed by atoms with van der Waals surface area (Å²) in [7, 11) is 1.51. The molecule has 0 aromatic heterocycles. The number of amides is 3. The molecule has 0 fully saturated rings. The molecule has 0 radical (unpaired) electrons. The Kier molecular flexibility index (Phi) is 6.14. The molecule has 0 aromatic carbocycles. The molecule has 3 N–H and O–H groups in total. The molecular weight excluding hydrogens is 210 g/mol. The smallest absolute Gasteiger partial charge is 0.242 e. The van der Waals surface area contributed by atoms with Crippen molar-refractivity contribution in [1.29, 1.82) is 0 Å². The van der Waals surface area contributed by atoms with Crippen LogP contribution in [0, 0.1) is 5.92 Å². The van der Waals surface area contributed by atoms with Crippen molar-refractivity contribution in [2.45, 2.75) is 26.3 Å². The fourth-order valence-electron chi connectivity index (χ4n) is 1.34. The van der Waals surface area contributed by atoms with Gasteiger partial charge in [-0.05, 0) is 12.3 Å². The van der Waals surface area contributed by atoms with E-state index in [4.69, 9.17) is 5.73 Å². The van der Waals surface area contributed by atoms with Crippen molar-refractivity contribution >= 4 is 18.2 Å². The van der Waals surface area contributed by atoms with Crippen LogP contribution in [0.5, 0.6) is 0 Å². The zero-order valence-electron chi connectivity index (χ0n) is 9.90. The highest BCUT2D eigenvalue weighted by atomic mass is 16.2. The van der Waals surface area contributed by atoms with E-state index in [9.17, 15) is 14.4 Å². The van der Waals surface area contributed by atoms with Crippen LogP contribution in [-0.4, -0.2) is 42.8 Å². The first kappa shape index (κ1) is 14.4. The van der Waals surface area contributed by atoms with Gasteiger partial charge in [0.2, 0.25) is 18.2 Å². The average molecular weight is 229 g/mol. The number of hydrogen-bond acceptors (Lipinski definition) is 3. The Morgan fingerprint density at radius 1 is 1.44 bits per heavy atom. The number of hydrogen-bond donors (Lipinski definition) is 2. The van der Waals surface area contributed by atoms with E-state index in [1.807, 2.05) is 13.8 Å². The summed E-state index contributed by atoms with van der Waals surface area (Å²) < 4.78 is 0. The summed E-state index contributed by atoms with van der Waals surface area (Å²) in [6.45, 7) is 3.76. The van der Waals surface area contributed by atoms with Gasteiger partial charge in [-0.2, -0.15) is 0 Å². The molecule has 92 valence electrons. The molecule has 1 unspecified atom stereocenters. The summed E-state index contributed by atoms with van der Waals surface area (Å²) in [5.74, 6) is -0.612. The molecule has 16 heavy (non-hydrogen) atoms. The lowest BCUT2D eigenvalue weighted by molar-refractivity contribution is -0.137. The van der Waals surface area contributed by atoms with Gasteiger partial charge in [0.05, 0.1) is 6.54 Å². The molecule has 0 spiro atoms. The number of nitrogens with two attached hydrogens (primary N) is 1. The number of nitrogens with zero attached hydrogens (tertiary/aromatic N) is 1. The summed E-state index contributed by atoms with van der Waals surface area (Å²) in [4.78, 5) is 34.0. The monoisotopic (exact) mass is 229 g/mol. The van der Waals surface area contributed by atoms with Gasteiger partial charge in [0.15, 0.2) is 0 Å². The Morgan fingerprint density at radius 3 is 2.38 bits per heavy atom. The van der Waals surface area contributed by atoms with Gasteiger partial charge >= 0.3 is 0 Å². The predicted octanol–water partition coefficient (Wildman–Crippen LogP) is -0.909. The second-order valence-electron chi connectivity index (χ2n) is 4.05. The van der Waals surface area contributed by atoms with Gasteiger partial charge in [0.1, 0.15) is 6.04 Å². The van der Waals surface area contributed by atoms with Gasteiger partial charge in [-0.25, -0.2) is 0 Å². The van der Waals surface area contributed by atoms with Gasteiger partial charge in [0, 0.05) is 7.05 Å². The van der Waals surface area contributed by atoms with Gasteiger partial charge in [-0.1, -0.05) is 13.8 Å². The molecule has 0 heterocycles. The van der Waals surface area contributed by atoms with Crippen molar-refractivity contribution in [3.63, 3.8) is 0 Å². The molecule has 0 aliphatic rings. The molecule has 0 aromatic rings. The maximum Gasteiger partial charge on any atom is 0.242 e. The molecule has 6 nitrogen and oxygen atoms in total. The lowest BCUT2D eigenvalue weighted by atomic mass is 10.0. The molecular formula is C10H19N3O3. The number of likely N-dealkylation sites (N-methyl/N-ethyl adjacent to an activating group) is 1. The van der Waals surface area contributed by atoms with Crippen LogP contribution in [0.4, 0.5) is 0 Å². The fourth-order valence-corrected chi connectivity index (χ4v) is 1.34. The third-order valence-electron chi connectivity index (χ3n) is 2.22. The summed E-state index contributed by atoms with van der Waals surface area (Å²) in [5, 5.41) is 2.25. The molecule has 6 heteroatoms. The van der Waals surface area contributed by atoms with E-state index in [-0.39, 0.29) is 18.4 Å². The third-order valence-corrected chi connectivity index (χ3v) is 2.22. The summed E-state index contributed by atoms with van der Waals surface area (Å²) in [5.41, 5.74) is 5.23. The molecule has 0 saturated heterocycles. The highest BCUT2D eigenvalue weighted by Gasteiger charge is 2.25. The van der Waals surface area contributed by atoms with Crippen LogP contribution < -0.4 is 11.1 Å². The van der Waals surface area contributed by atoms with Crippen molar-refractivity contribution in [1.82, 2.24) is 10.2 Å². The second-order valence-corrected chi connectivity index (χ2v) is 4.05. The van der Waals surface area contributed by atoms with Crippen molar-refractivity contribution < 1.29 is 14.4 Å². The maximum atomic E-state index is 11.5. The third kappa shape index (κ3) is 4.77. The predicted molar refractivity (Wildman–Crippen MR) is 59.3 cm³/mol. The highest BCUT2D eigenvalue weighted by molar-refractivity contribution is 5.87. The first-order valence-electron chi connectivity index (χ1n) is 5.12. The number of rotatable bonds is 7. The molecule has 0 aliphatic carbocycles. The summed E-state index contributed by atoms with van der Waals surface area (Å²) in [6, 6.07) is -0.624. The zero-order valence-corrected chi connectivity index (χ0v) is 9.90. The van der Waals surface area contributed by atoms with Crippen molar-refractivity contribution in [3.05, 3.63) is 0 Å². The molecule has 0 saturated carbocycles. The molecule has 0 bridgehead atoms. The van der Waals surface area contributed by atoms with Crippen LogP contribution in [-0.2, 0) is 14.4 Å². The Labute approximate surface area is 95.2 Å². The maximum absolute atomic E-state index is 11.5. The van der Waals surface area contributed by atoms with E-state index in [2.05, 4.69) is 5.32 Å². The van der Waals surface area contributed by atoms with Crippen LogP contribution in [0.1, 0.15) is 20.3 Å². The fraction of sp³-hybridized carbons (Fsp3) is 0.700. The SMILES string of the molecule is CC(C)CC(C(N)=O)N(C)C(=O)CNC=O. The van der Waals surface area contributed by atoms with E-state index >= 15 is 0 Å². The van der Waals surface area contributed by atoms with Crippen LogP contribution in [0.3, 0.4) is 0 Å². The van der Waals surface area contributed by atoms with Crippen LogP contribution >= 0.6 is 0 Å². The molecule has 0 rings (SSSR count). The van der Waals surface area contributed by atoms with Crippen LogP contribution in [0.15, 0.2) is 0 Å². The zero-order chi connectivity index (χ0) is 12.7. The topological polar surface area (TPSA) is 92.5 Å². The molecule has 3 amide bonds. The first-order chi connectivity index (χ1) is 7.40.